The number of anilines is 2. The number of hydrogen-bond acceptors (Lipinski definition) is 3. The lowest BCUT2D eigenvalue weighted by molar-refractivity contribution is 0.466. The van der Waals surface area contributed by atoms with Gasteiger partial charge < -0.3 is 0 Å². The van der Waals surface area contributed by atoms with E-state index in [0.29, 0.717) is 0 Å². The molecule has 0 radical (unpaired) electrons. The molecule has 0 amide bonds. The SMILES string of the molecule is Cc1cc2ccccc2cc1N1c2nc3ccccc3n2N(C)C1(C)C. The summed E-state index contributed by atoms with van der Waals surface area (Å²) >= 11 is 0. The van der Waals surface area contributed by atoms with Crippen molar-refractivity contribution in [3.8, 4) is 0 Å². The second-order valence-electron chi connectivity index (χ2n) is 7.55. The second-order valence-corrected chi connectivity index (χ2v) is 7.55. The Balaban J connectivity index is 1.81. The molecule has 4 aromatic rings. The van der Waals surface area contributed by atoms with Gasteiger partial charge in [0.2, 0.25) is 5.95 Å². The quantitative estimate of drug-likeness (QED) is 0.489. The molecule has 1 aliphatic heterocycles. The van der Waals surface area contributed by atoms with Gasteiger partial charge >= 0.3 is 0 Å². The summed E-state index contributed by atoms with van der Waals surface area (Å²) in [5.41, 5.74) is 4.40. The van der Waals surface area contributed by atoms with Crippen molar-refractivity contribution < 1.29 is 0 Å². The van der Waals surface area contributed by atoms with Crippen molar-refractivity contribution in [1.29, 1.82) is 0 Å². The maximum Gasteiger partial charge on any atom is 0.232 e. The molecule has 0 spiro atoms. The van der Waals surface area contributed by atoms with E-state index in [9.17, 15) is 0 Å². The molecule has 0 atom stereocenters. The van der Waals surface area contributed by atoms with Crippen molar-refractivity contribution in [1.82, 2.24) is 9.66 Å². The molecule has 130 valence electrons. The fourth-order valence-electron chi connectivity index (χ4n) is 4.06. The molecule has 0 aliphatic carbocycles. The second kappa shape index (κ2) is 5.01. The molecule has 0 saturated heterocycles. The molecule has 4 heteroatoms. The maximum atomic E-state index is 4.97. The van der Waals surface area contributed by atoms with E-state index < -0.39 is 0 Å². The fraction of sp³-hybridized carbons (Fsp3) is 0.227. The van der Waals surface area contributed by atoms with Gasteiger partial charge in [0.15, 0.2) is 0 Å². The van der Waals surface area contributed by atoms with Crippen LogP contribution in [-0.4, -0.2) is 22.4 Å². The number of benzene rings is 3. The average molecular weight is 342 g/mol. The highest BCUT2D eigenvalue weighted by Crippen LogP contribution is 2.43. The van der Waals surface area contributed by atoms with E-state index in [4.69, 9.17) is 4.98 Å². The van der Waals surface area contributed by atoms with Gasteiger partial charge in [-0.3, -0.25) is 9.91 Å². The highest BCUT2D eigenvalue weighted by Gasteiger charge is 2.44. The van der Waals surface area contributed by atoms with Crippen LogP contribution < -0.4 is 9.91 Å². The fourth-order valence-corrected chi connectivity index (χ4v) is 4.06. The smallest absolute Gasteiger partial charge is 0.232 e. The van der Waals surface area contributed by atoms with Crippen molar-refractivity contribution in [2.75, 3.05) is 17.0 Å². The molecule has 5 rings (SSSR count). The molecule has 1 aromatic heterocycles. The molecule has 1 aliphatic rings. The Kier molecular flexibility index (Phi) is 2.94. The summed E-state index contributed by atoms with van der Waals surface area (Å²) in [6.07, 6.45) is 0. The number of imidazole rings is 1. The van der Waals surface area contributed by atoms with Gasteiger partial charge in [-0.2, -0.15) is 0 Å². The molecule has 0 bridgehead atoms. The standard InChI is InChI=1S/C22H22N4/c1-15-13-16-9-5-6-10-17(16)14-20(15)25-21-23-18-11-7-8-12-19(18)26(21)24(4)22(25,2)3/h5-14H,1-4H3. The van der Waals surface area contributed by atoms with Gasteiger partial charge in [-0.1, -0.05) is 36.4 Å². The van der Waals surface area contributed by atoms with Crippen LogP contribution in [0.2, 0.25) is 0 Å². The van der Waals surface area contributed by atoms with E-state index >= 15 is 0 Å². The first-order valence-corrected chi connectivity index (χ1v) is 9.00. The van der Waals surface area contributed by atoms with Gasteiger partial charge in [-0.15, -0.1) is 0 Å². The summed E-state index contributed by atoms with van der Waals surface area (Å²) in [7, 11) is 2.13. The van der Waals surface area contributed by atoms with Gasteiger partial charge in [0.25, 0.3) is 0 Å². The molecule has 0 N–H and O–H groups in total. The topological polar surface area (TPSA) is 24.3 Å². The number of nitrogens with zero attached hydrogens (tertiary/aromatic N) is 4. The number of fused-ring (bicyclic) bond motifs is 4. The third-order valence-electron chi connectivity index (χ3n) is 5.66. The minimum Gasteiger partial charge on any atom is -0.288 e. The number of rotatable bonds is 1. The van der Waals surface area contributed by atoms with Crippen molar-refractivity contribution in [3.63, 3.8) is 0 Å². The van der Waals surface area contributed by atoms with Crippen LogP contribution in [0.4, 0.5) is 11.6 Å². The first-order valence-electron chi connectivity index (χ1n) is 9.00. The normalized spacial score (nSPS) is 15.8. The first-order chi connectivity index (χ1) is 12.5. The Labute approximate surface area is 153 Å². The van der Waals surface area contributed by atoms with Crippen LogP contribution in [0.25, 0.3) is 21.8 Å². The van der Waals surface area contributed by atoms with E-state index in [1.165, 1.54) is 22.0 Å². The zero-order valence-corrected chi connectivity index (χ0v) is 15.6. The summed E-state index contributed by atoms with van der Waals surface area (Å²) in [6.45, 7) is 6.67. The molecular weight excluding hydrogens is 320 g/mol. The van der Waals surface area contributed by atoms with Gasteiger partial charge in [0.1, 0.15) is 5.66 Å². The summed E-state index contributed by atoms with van der Waals surface area (Å²) in [4.78, 5) is 7.32. The van der Waals surface area contributed by atoms with Gasteiger partial charge in [-0.25, -0.2) is 9.66 Å². The highest BCUT2D eigenvalue weighted by molar-refractivity contribution is 5.90. The van der Waals surface area contributed by atoms with Gasteiger partial charge in [-0.05, 0) is 61.4 Å². The average Bonchev–Trinajstić information content (AvgIpc) is 3.08. The zero-order valence-electron chi connectivity index (χ0n) is 15.6. The molecule has 0 saturated carbocycles. The van der Waals surface area contributed by atoms with E-state index in [1.807, 2.05) is 6.07 Å². The Bertz CT molecular complexity index is 1160. The van der Waals surface area contributed by atoms with E-state index in [-0.39, 0.29) is 5.66 Å². The molecule has 4 nitrogen and oxygen atoms in total. The Morgan fingerprint density at radius 1 is 0.885 bits per heavy atom. The summed E-state index contributed by atoms with van der Waals surface area (Å²) < 4.78 is 2.23. The Morgan fingerprint density at radius 3 is 2.31 bits per heavy atom. The first kappa shape index (κ1) is 15.3. The molecule has 2 heterocycles. The monoisotopic (exact) mass is 342 g/mol. The number of aromatic nitrogens is 2. The van der Waals surface area contributed by atoms with E-state index in [2.05, 4.69) is 97.0 Å². The molecular formula is C22H22N4. The summed E-state index contributed by atoms with van der Waals surface area (Å²) in [6, 6.07) is 21.4. The van der Waals surface area contributed by atoms with E-state index in [1.54, 1.807) is 0 Å². The molecule has 3 aromatic carbocycles. The molecule has 0 fully saturated rings. The minimum absolute atomic E-state index is 0.223. The molecule has 0 unspecified atom stereocenters. The third-order valence-corrected chi connectivity index (χ3v) is 5.66. The zero-order chi connectivity index (χ0) is 18.1. The Morgan fingerprint density at radius 2 is 1.54 bits per heavy atom. The molecule has 26 heavy (non-hydrogen) atoms. The van der Waals surface area contributed by atoms with Crippen LogP contribution in [0, 0.1) is 6.92 Å². The highest BCUT2D eigenvalue weighted by atomic mass is 15.7. The number of para-hydroxylation sites is 2. The lowest BCUT2D eigenvalue weighted by Gasteiger charge is -2.38. The number of hydrogen-bond donors (Lipinski definition) is 0. The maximum absolute atomic E-state index is 4.97. The van der Waals surface area contributed by atoms with Crippen molar-refractivity contribution in [2.45, 2.75) is 26.4 Å². The van der Waals surface area contributed by atoms with Crippen LogP contribution in [-0.2, 0) is 0 Å². The largest absolute Gasteiger partial charge is 0.288 e. The Hall–Kier alpha value is -3.01. The summed E-state index contributed by atoms with van der Waals surface area (Å²) in [5.74, 6) is 0.970. The minimum atomic E-state index is -0.223. The predicted molar refractivity (Wildman–Crippen MR) is 109 cm³/mol. The third kappa shape index (κ3) is 1.87. The van der Waals surface area contributed by atoms with Crippen LogP contribution in [0.5, 0.6) is 0 Å². The van der Waals surface area contributed by atoms with Crippen LogP contribution in [0.3, 0.4) is 0 Å². The van der Waals surface area contributed by atoms with Crippen molar-refractivity contribution in [2.24, 2.45) is 0 Å². The van der Waals surface area contributed by atoms with Crippen LogP contribution in [0.15, 0.2) is 60.7 Å². The lowest BCUT2D eigenvalue weighted by Crippen LogP contribution is -2.51. The predicted octanol–water partition coefficient (Wildman–Crippen LogP) is 4.95. The lowest BCUT2D eigenvalue weighted by atomic mass is 10.0. The van der Waals surface area contributed by atoms with Crippen molar-refractivity contribution >= 4 is 33.4 Å². The van der Waals surface area contributed by atoms with Gasteiger partial charge in [0, 0.05) is 12.7 Å². The number of aryl methyl sites for hydroxylation is 1. The van der Waals surface area contributed by atoms with E-state index in [0.717, 1.165) is 17.0 Å². The van der Waals surface area contributed by atoms with Crippen LogP contribution in [0.1, 0.15) is 19.4 Å². The van der Waals surface area contributed by atoms with Gasteiger partial charge in [0.05, 0.1) is 11.0 Å². The van der Waals surface area contributed by atoms with Crippen LogP contribution >= 0.6 is 0 Å². The summed E-state index contributed by atoms with van der Waals surface area (Å²) in [5, 5.41) is 4.79. The van der Waals surface area contributed by atoms with Crippen molar-refractivity contribution in [3.05, 3.63) is 66.2 Å².